The molecule has 0 aliphatic carbocycles. The van der Waals surface area contributed by atoms with Gasteiger partial charge in [0.2, 0.25) is 17.6 Å². The summed E-state index contributed by atoms with van der Waals surface area (Å²) in [6, 6.07) is 12.8. The van der Waals surface area contributed by atoms with E-state index in [4.69, 9.17) is 20.9 Å². The van der Waals surface area contributed by atoms with Crippen molar-refractivity contribution in [1.29, 1.82) is 0 Å². The Labute approximate surface area is 160 Å². The molecule has 0 aliphatic heterocycles. The summed E-state index contributed by atoms with van der Waals surface area (Å²) in [6.07, 6.45) is 0.560. The van der Waals surface area contributed by atoms with E-state index < -0.39 is 0 Å². The third-order valence-corrected chi connectivity index (χ3v) is 3.90. The smallest absolute Gasteiger partial charge is 0.227 e. The van der Waals surface area contributed by atoms with Crippen LogP contribution in [0.25, 0.3) is 11.4 Å². The highest BCUT2D eigenvalue weighted by Crippen LogP contribution is 2.19. The molecule has 6 nitrogen and oxygen atoms in total. The molecule has 1 aromatic heterocycles. The monoisotopic (exact) mass is 389 g/mol. The minimum Gasteiger partial charge on any atom is -0.492 e. The lowest BCUT2D eigenvalue weighted by Crippen LogP contribution is -2.28. The molecule has 3 aromatic rings. The number of aromatic nitrogens is 2. The number of halogens is 2. The molecule has 0 spiro atoms. The first kappa shape index (κ1) is 18.8. The predicted octanol–water partition coefficient (Wildman–Crippen LogP) is 3.66. The minimum atomic E-state index is -0.323. The molecule has 0 bridgehead atoms. The maximum absolute atomic E-state index is 12.8. The van der Waals surface area contributed by atoms with Gasteiger partial charge in [-0.05, 0) is 48.5 Å². The summed E-state index contributed by atoms with van der Waals surface area (Å²) in [6.45, 7) is 0.634. The van der Waals surface area contributed by atoms with Crippen LogP contribution in [-0.2, 0) is 11.2 Å². The third-order valence-electron chi connectivity index (χ3n) is 3.64. The van der Waals surface area contributed by atoms with Crippen LogP contribution in [-0.4, -0.2) is 29.2 Å². The van der Waals surface area contributed by atoms with Crippen LogP contribution in [0.15, 0.2) is 53.1 Å². The second-order valence-corrected chi connectivity index (χ2v) is 6.11. The Morgan fingerprint density at radius 3 is 2.63 bits per heavy atom. The Bertz CT molecular complexity index is 882. The van der Waals surface area contributed by atoms with Gasteiger partial charge in [-0.25, -0.2) is 4.39 Å². The zero-order valence-corrected chi connectivity index (χ0v) is 15.1. The van der Waals surface area contributed by atoms with Crippen LogP contribution in [0, 0.1) is 5.82 Å². The van der Waals surface area contributed by atoms with Crippen molar-refractivity contribution in [3.63, 3.8) is 0 Å². The van der Waals surface area contributed by atoms with Gasteiger partial charge in [0.1, 0.15) is 18.2 Å². The van der Waals surface area contributed by atoms with Crippen LogP contribution in [0.4, 0.5) is 4.39 Å². The van der Waals surface area contributed by atoms with Crippen LogP contribution < -0.4 is 10.1 Å². The number of hydrogen-bond donors (Lipinski definition) is 1. The zero-order valence-electron chi connectivity index (χ0n) is 14.3. The van der Waals surface area contributed by atoms with E-state index in [-0.39, 0.29) is 18.1 Å². The molecule has 140 valence electrons. The van der Waals surface area contributed by atoms with Crippen LogP contribution in [0.5, 0.6) is 5.75 Å². The van der Waals surface area contributed by atoms with E-state index in [0.29, 0.717) is 42.1 Å². The van der Waals surface area contributed by atoms with Crippen LogP contribution >= 0.6 is 11.6 Å². The fourth-order valence-electron chi connectivity index (χ4n) is 2.27. The summed E-state index contributed by atoms with van der Waals surface area (Å²) in [5, 5.41) is 7.27. The molecule has 27 heavy (non-hydrogen) atoms. The summed E-state index contributed by atoms with van der Waals surface area (Å²) in [5.74, 6) is 0.915. The van der Waals surface area contributed by atoms with E-state index in [1.165, 1.54) is 24.3 Å². The molecule has 0 fully saturated rings. The number of aryl methyl sites for hydroxylation is 1. The molecule has 0 radical (unpaired) electrons. The minimum absolute atomic E-state index is 0.149. The fraction of sp³-hybridized carbons (Fsp3) is 0.211. The lowest BCUT2D eigenvalue weighted by molar-refractivity contribution is -0.121. The maximum atomic E-state index is 12.8. The Morgan fingerprint density at radius 1 is 1.15 bits per heavy atom. The number of nitrogens with one attached hydrogen (secondary N) is 1. The molecule has 3 rings (SSSR count). The third kappa shape index (κ3) is 5.79. The summed E-state index contributed by atoms with van der Waals surface area (Å²) in [5.41, 5.74) is 0.789. The number of ether oxygens (including phenoxy) is 1. The lowest BCUT2D eigenvalue weighted by Gasteiger charge is -2.07. The predicted molar refractivity (Wildman–Crippen MR) is 98.0 cm³/mol. The number of amides is 1. The van der Waals surface area contributed by atoms with Crippen LogP contribution in [0.1, 0.15) is 12.3 Å². The van der Waals surface area contributed by atoms with E-state index in [2.05, 4.69) is 15.5 Å². The van der Waals surface area contributed by atoms with Gasteiger partial charge in [0.15, 0.2) is 0 Å². The summed E-state index contributed by atoms with van der Waals surface area (Å²) < 4.78 is 23.4. The molecule has 8 heteroatoms. The van der Waals surface area contributed by atoms with Gasteiger partial charge in [0.25, 0.3) is 0 Å². The van der Waals surface area contributed by atoms with Crippen molar-refractivity contribution < 1.29 is 18.4 Å². The molecule has 1 heterocycles. The molecular formula is C19H17ClFN3O3. The van der Waals surface area contributed by atoms with Crippen molar-refractivity contribution in [2.45, 2.75) is 12.8 Å². The quantitative estimate of drug-likeness (QED) is 0.595. The van der Waals surface area contributed by atoms with Gasteiger partial charge >= 0.3 is 0 Å². The number of nitrogens with zero attached hydrogens (tertiary/aromatic N) is 2. The van der Waals surface area contributed by atoms with E-state index in [1.807, 2.05) is 0 Å². The van der Waals surface area contributed by atoms with E-state index >= 15 is 0 Å². The molecule has 0 saturated heterocycles. The molecule has 1 amide bonds. The van der Waals surface area contributed by atoms with Crippen molar-refractivity contribution in [3.05, 3.63) is 65.3 Å². The van der Waals surface area contributed by atoms with Gasteiger partial charge in [0, 0.05) is 23.4 Å². The average Bonchev–Trinajstić information content (AvgIpc) is 3.14. The molecule has 0 unspecified atom stereocenters. The SMILES string of the molecule is O=C(CCc1nc(-c2ccc(Cl)cc2)no1)NCCOc1ccc(F)cc1. The highest BCUT2D eigenvalue weighted by Gasteiger charge is 2.10. The van der Waals surface area contributed by atoms with Crippen molar-refractivity contribution in [2.75, 3.05) is 13.2 Å². The lowest BCUT2D eigenvalue weighted by atomic mass is 10.2. The van der Waals surface area contributed by atoms with Gasteiger partial charge in [-0.3, -0.25) is 4.79 Å². The van der Waals surface area contributed by atoms with Crippen LogP contribution in [0.2, 0.25) is 5.02 Å². The molecule has 0 aliphatic rings. The van der Waals surface area contributed by atoms with Gasteiger partial charge in [0.05, 0.1) is 6.54 Å². The number of hydrogen-bond acceptors (Lipinski definition) is 5. The molecule has 0 atom stereocenters. The zero-order chi connectivity index (χ0) is 19.1. The van der Waals surface area contributed by atoms with Gasteiger partial charge < -0.3 is 14.6 Å². The highest BCUT2D eigenvalue weighted by molar-refractivity contribution is 6.30. The summed E-state index contributed by atoms with van der Waals surface area (Å²) >= 11 is 5.85. The Hall–Kier alpha value is -2.93. The Morgan fingerprint density at radius 2 is 1.89 bits per heavy atom. The normalized spacial score (nSPS) is 10.6. The standard InChI is InChI=1S/C19H17ClFN3O3/c20-14-3-1-13(2-4-14)19-23-18(27-24-19)10-9-17(25)22-11-12-26-16-7-5-15(21)6-8-16/h1-8H,9-12H2,(H,22,25). The average molecular weight is 390 g/mol. The summed E-state index contributed by atoms with van der Waals surface area (Å²) in [4.78, 5) is 16.1. The van der Waals surface area contributed by atoms with E-state index in [0.717, 1.165) is 5.56 Å². The van der Waals surface area contributed by atoms with E-state index in [9.17, 15) is 9.18 Å². The largest absolute Gasteiger partial charge is 0.492 e. The van der Waals surface area contributed by atoms with Gasteiger partial charge in [-0.15, -0.1) is 0 Å². The fourth-order valence-corrected chi connectivity index (χ4v) is 2.40. The maximum Gasteiger partial charge on any atom is 0.227 e. The number of carbonyl (C=O) groups is 1. The van der Waals surface area contributed by atoms with Gasteiger partial charge in [-0.2, -0.15) is 4.98 Å². The topological polar surface area (TPSA) is 77.2 Å². The Kier molecular flexibility index (Phi) is 6.38. The number of carbonyl (C=O) groups excluding carboxylic acids is 1. The number of rotatable bonds is 8. The molecule has 0 saturated carbocycles. The first-order chi connectivity index (χ1) is 13.1. The second-order valence-electron chi connectivity index (χ2n) is 5.67. The Balaban J connectivity index is 1.38. The van der Waals surface area contributed by atoms with Crippen molar-refractivity contribution in [1.82, 2.24) is 15.5 Å². The van der Waals surface area contributed by atoms with Gasteiger partial charge in [-0.1, -0.05) is 16.8 Å². The second kappa shape index (κ2) is 9.14. The van der Waals surface area contributed by atoms with E-state index in [1.54, 1.807) is 24.3 Å². The van der Waals surface area contributed by atoms with Crippen LogP contribution in [0.3, 0.4) is 0 Å². The number of benzene rings is 2. The first-order valence-electron chi connectivity index (χ1n) is 8.34. The molecule has 1 N–H and O–H groups in total. The highest BCUT2D eigenvalue weighted by atomic mass is 35.5. The first-order valence-corrected chi connectivity index (χ1v) is 8.71. The molecule has 2 aromatic carbocycles. The van der Waals surface area contributed by atoms with Crippen molar-refractivity contribution in [3.8, 4) is 17.1 Å². The van der Waals surface area contributed by atoms with Crippen molar-refractivity contribution in [2.24, 2.45) is 0 Å². The summed E-state index contributed by atoms with van der Waals surface area (Å²) in [7, 11) is 0. The van der Waals surface area contributed by atoms with Crippen molar-refractivity contribution >= 4 is 17.5 Å². The molecular weight excluding hydrogens is 373 g/mol.